The summed E-state index contributed by atoms with van der Waals surface area (Å²) in [4.78, 5) is 72.1. The minimum atomic E-state index is -4.94. The Morgan fingerprint density at radius 3 is 0.866 bits per heavy atom. The molecule has 0 saturated heterocycles. The third-order valence-corrected chi connectivity index (χ3v) is 16.6. The molecule has 6 atom stereocenters. The monoisotopic (exact) mass is 1210 g/mol. The van der Waals surface area contributed by atoms with Crippen molar-refractivity contribution in [2.75, 3.05) is 39.6 Å². The lowest BCUT2D eigenvalue weighted by molar-refractivity contribution is -0.161. The van der Waals surface area contributed by atoms with Gasteiger partial charge in [-0.2, -0.15) is 0 Å². The summed E-state index contributed by atoms with van der Waals surface area (Å²) in [5.41, 5.74) is 0. The zero-order valence-corrected chi connectivity index (χ0v) is 54.9. The predicted molar refractivity (Wildman–Crippen MR) is 326 cm³/mol. The van der Waals surface area contributed by atoms with E-state index in [4.69, 9.17) is 37.0 Å². The average Bonchev–Trinajstić information content (AvgIpc) is 3.42. The Labute approximate surface area is 498 Å². The highest BCUT2D eigenvalue weighted by Crippen LogP contribution is 2.45. The van der Waals surface area contributed by atoms with Crippen LogP contribution in [0.4, 0.5) is 0 Å². The lowest BCUT2D eigenvalue weighted by Crippen LogP contribution is -2.30. The topological polar surface area (TPSA) is 237 Å². The van der Waals surface area contributed by atoms with E-state index in [-0.39, 0.29) is 25.7 Å². The molecule has 19 heteroatoms. The van der Waals surface area contributed by atoms with Crippen molar-refractivity contribution in [3.63, 3.8) is 0 Å². The van der Waals surface area contributed by atoms with E-state index in [1.807, 2.05) is 0 Å². The molecule has 486 valence electrons. The van der Waals surface area contributed by atoms with Crippen LogP contribution in [0.1, 0.15) is 299 Å². The first-order valence-corrected chi connectivity index (χ1v) is 35.7. The molecule has 0 aliphatic rings. The van der Waals surface area contributed by atoms with Gasteiger partial charge in [-0.05, 0) is 49.4 Å². The smallest absolute Gasteiger partial charge is 0.462 e. The Morgan fingerprint density at radius 2 is 0.585 bits per heavy atom. The summed E-state index contributed by atoms with van der Waals surface area (Å²) in [6, 6.07) is 0. The van der Waals surface area contributed by atoms with Crippen molar-refractivity contribution in [1.29, 1.82) is 0 Å². The van der Waals surface area contributed by atoms with Gasteiger partial charge in [0.25, 0.3) is 0 Å². The summed E-state index contributed by atoms with van der Waals surface area (Å²) < 4.78 is 67.9. The maximum absolute atomic E-state index is 13.0. The molecule has 3 unspecified atom stereocenters. The van der Waals surface area contributed by atoms with Gasteiger partial charge in [-0.15, -0.1) is 0 Å². The second-order valence-electron chi connectivity index (χ2n) is 24.5. The van der Waals surface area contributed by atoms with E-state index in [0.29, 0.717) is 31.6 Å². The molecule has 17 nitrogen and oxygen atoms in total. The molecule has 0 aliphatic heterocycles. The number of phosphoric acid groups is 2. The third kappa shape index (κ3) is 55.9. The highest BCUT2D eigenvalue weighted by Gasteiger charge is 2.30. The Balaban J connectivity index is 5.26. The number of hydrogen-bond acceptors (Lipinski definition) is 15. The number of hydrogen-bond donors (Lipinski definition) is 3. The molecule has 0 aromatic rings. The first-order chi connectivity index (χ1) is 39.1. The standard InChI is InChI=1S/C63H122O17P2/c1-9-56(8)42-34-26-20-22-30-38-46-63(68)80-59(50-74-61(66)44-36-28-21-19-25-33-41-55(6)7)52-78-82(71,72)76-48-57(64)47-75-81(69,70)77-51-58(49-73-60(65)43-35-27-17-14-13-16-24-32-40-54(4)5)79-62(67)45-37-29-18-12-10-11-15-23-31-39-53(2)3/h53-59,64H,9-52H2,1-8H3,(H,69,70)(H,71,72)/t56?,57-,58-,59-/m1/s1. The van der Waals surface area contributed by atoms with Crippen molar-refractivity contribution >= 4 is 39.5 Å². The van der Waals surface area contributed by atoms with Crippen molar-refractivity contribution in [2.45, 2.75) is 318 Å². The molecule has 0 amide bonds. The molecule has 0 radical (unpaired) electrons. The average molecular weight is 1210 g/mol. The van der Waals surface area contributed by atoms with Gasteiger partial charge in [0.2, 0.25) is 0 Å². The lowest BCUT2D eigenvalue weighted by Gasteiger charge is -2.21. The van der Waals surface area contributed by atoms with E-state index in [2.05, 4.69) is 55.4 Å². The zero-order chi connectivity index (χ0) is 61.1. The summed E-state index contributed by atoms with van der Waals surface area (Å²) in [5, 5.41) is 10.5. The fraction of sp³-hybridized carbons (Fsp3) is 0.937. The number of phosphoric ester groups is 2. The van der Waals surface area contributed by atoms with E-state index in [1.54, 1.807) is 0 Å². The molecule has 3 N–H and O–H groups in total. The van der Waals surface area contributed by atoms with Gasteiger partial charge < -0.3 is 33.8 Å². The van der Waals surface area contributed by atoms with Crippen LogP contribution < -0.4 is 0 Å². The summed E-state index contributed by atoms with van der Waals surface area (Å²) in [6.45, 7) is 13.9. The van der Waals surface area contributed by atoms with Crippen molar-refractivity contribution in [1.82, 2.24) is 0 Å². The highest BCUT2D eigenvalue weighted by molar-refractivity contribution is 7.47. The van der Waals surface area contributed by atoms with E-state index >= 15 is 0 Å². The summed E-state index contributed by atoms with van der Waals surface area (Å²) in [6.07, 6.45) is 32.3. The van der Waals surface area contributed by atoms with Crippen LogP contribution in [0.15, 0.2) is 0 Å². The van der Waals surface area contributed by atoms with Gasteiger partial charge >= 0.3 is 39.5 Å². The van der Waals surface area contributed by atoms with E-state index in [0.717, 1.165) is 114 Å². The minimum absolute atomic E-state index is 0.101. The largest absolute Gasteiger partial charge is 0.472 e. The molecule has 0 bridgehead atoms. The third-order valence-electron chi connectivity index (χ3n) is 14.7. The van der Waals surface area contributed by atoms with Crippen LogP contribution in [-0.4, -0.2) is 96.7 Å². The van der Waals surface area contributed by atoms with E-state index in [9.17, 15) is 43.2 Å². The highest BCUT2D eigenvalue weighted by atomic mass is 31.2. The zero-order valence-electron chi connectivity index (χ0n) is 53.1. The molecule has 0 spiro atoms. The van der Waals surface area contributed by atoms with Gasteiger partial charge in [0, 0.05) is 25.7 Å². The number of ether oxygens (including phenoxy) is 4. The Morgan fingerprint density at radius 1 is 0.341 bits per heavy atom. The Hall–Kier alpha value is -1.94. The van der Waals surface area contributed by atoms with Crippen molar-refractivity contribution in [2.24, 2.45) is 23.7 Å². The van der Waals surface area contributed by atoms with Gasteiger partial charge in [0.15, 0.2) is 12.2 Å². The lowest BCUT2D eigenvalue weighted by atomic mass is 10.00. The molecule has 0 aromatic heterocycles. The number of esters is 4. The van der Waals surface area contributed by atoms with Crippen LogP contribution in [-0.2, 0) is 65.4 Å². The molecule has 0 fully saturated rings. The van der Waals surface area contributed by atoms with Crippen LogP contribution in [0, 0.1) is 23.7 Å². The maximum Gasteiger partial charge on any atom is 0.472 e. The van der Waals surface area contributed by atoms with Crippen molar-refractivity contribution < 1.29 is 80.2 Å². The maximum atomic E-state index is 13.0. The molecule has 0 saturated carbocycles. The SMILES string of the molecule is CCC(C)CCCCCCCCC(=O)O[C@H](COC(=O)CCCCCCCCC(C)C)COP(=O)(O)OC[C@H](O)COP(=O)(O)OC[C@@H](COC(=O)CCCCCCCCCCC(C)C)OC(=O)CCCCCCCCCCCC(C)C. The quantitative estimate of drug-likeness (QED) is 0.0222. The predicted octanol–water partition coefficient (Wildman–Crippen LogP) is 17.0. The molecule has 0 aliphatic carbocycles. The first-order valence-electron chi connectivity index (χ1n) is 32.7. The molecule has 0 aromatic carbocycles. The Kier molecular flexibility index (Phi) is 52.0. The molecular weight excluding hydrogens is 1090 g/mol. The first kappa shape index (κ1) is 80.1. The number of carbonyl (C=O) groups excluding carboxylic acids is 4. The van der Waals surface area contributed by atoms with Crippen LogP contribution in [0.2, 0.25) is 0 Å². The normalized spacial score (nSPS) is 14.8. The molecular formula is C63H122O17P2. The summed E-state index contributed by atoms with van der Waals surface area (Å²) >= 11 is 0. The fourth-order valence-electron chi connectivity index (χ4n) is 9.22. The number of carbonyl (C=O) groups is 4. The van der Waals surface area contributed by atoms with Crippen molar-refractivity contribution in [3.8, 4) is 0 Å². The fourth-order valence-corrected chi connectivity index (χ4v) is 10.8. The van der Waals surface area contributed by atoms with Crippen LogP contribution in [0.3, 0.4) is 0 Å². The van der Waals surface area contributed by atoms with Crippen LogP contribution in [0.5, 0.6) is 0 Å². The number of aliphatic hydroxyl groups excluding tert-OH is 1. The van der Waals surface area contributed by atoms with Gasteiger partial charge in [-0.1, -0.05) is 248 Å². The van der Waals surface area contributed by atoms with E-state index < -0.39 is 97.5 Å². The van der Waals surface area contributed by atoms with Gasteiger partial charge in [0.05, 0.1) is 26.4 Å². The summed E-state index contributed by atoms with van der Waals surface area (Å²) in [7, 11) is -9.89. The van der Waals surface area contributed by atoms with E-state index in [1.165, 1.54) is 96.3 Å². The Bertz CT molecular complexity index is 1650. The van der Waals surface area contributed by atoms with Crippen molar-refractivity contribution in [3.05, 3.63) is 0 Å². The van der Waals surface area contributed by atoms with Crippen LogP contribution in [0.25, 0.3) is 0 Å². The second-order valence-corrected chi connectivity index (χ2v) is 27.4. The molecule has 0 heterocycles. The van der Waals surface area contributed by atoms with Gasteiger partial charge in [-0.3, -0.25) is 37.3 Å². The number of unbranched alkanes of at least 4 members (excludes halogenated alkanes) is 25. The minimum Gasteiger partial charge on any atom is -0.462 e. The molecule has 82 heavy (non-hydrogen) atoms. The second kappa shape index (κ2) is 53.3. The van der Waals surface area contributed by atoms with Crippen LogP contribution >= 0.6 is 15.6 Å². The van der Waals surface area contributed by atoms with Gasteiger partial charge in [-0.25, -0.2) is 9.13 Å². The molecule has 0 rings (SSSR count). The number of rotatable bonds is 60. The number of aliphatic hydroxyl groups is 1. The van der Waals surface area contributed by atoms with Gasteiger partial charge in [0.1, 0.15) is 19.3 Å². The summed E-state index contributed by atoms with van der Waals surface area (Å²) in [5.74, 6) is 0.718.